The summed E-state index contributed by atoms with van der Waals surface area (Å²) in [7, 11) is -9.96. The van der Waals surface area contributed by atoms with Crippen LogP contribution in [0.1, 0.15) is 26.3 Å². The topological polar surface area (TPSA) is 155 Å². The van der Waals surface area contributed by atoms with Crippen molar-refractivity contribution in [3.05, 3.63) is 70.4 Å². The molecule has 0 aromatic heterocycles. The number of hydrogen-bond donors (Lipinski definition) is 3. The molecular formula is C18H11NO8S2. The summed E-state index contributed by atoms with van der Waals surface area (Å²) < 4.78 is 64.8. The molecule has 0 bridgehead atoms. The second-order valence-corrected chi connectivity index (χ2v) is 9.07. The molecular weight excluding hydrogens is 422 g/mol. The van der Waals surface area contributed by atoms with Crippen LogP contribution in [0, 0.1) is 0 Å². The predicted molar refractivity (Wildman–Crippen MR) is 101 cm³/mol. The molecule has 0 spiro atoms. The van der Waals surface area contributed by atoms with E-state index in [1.165, 1.54) is 24.3 Å². The molecule has 11 heteroatoms. The van der Waals surface area contributed by atoms with E-state index in [9.17, 15) is 35.5 Å². The van der Waals surface area contributed by atoms with E-state index in [0.717, 1.165) is 12.1 Å². The van der Waals surface area contributed by atoms with E-state index in [0.29, 0.717) is 0 Å². The molecule has 0 unspecified atom stereocenters. The van der Waals surface area contributed by atoms with E-state index in [1.807, 2.05) is 0 Å². The van der Waals surface area contributed by atoms with Crippen LogP contribution in [0.2, 0.25) is 0 Å². The molecule has 0 saturated carbocycles. The van der Waals surface area contributed by atoms with Gasteiger partial charge in [-0.15, -0.1) is 0 Å². The summed E-state index contributed by atoms with van der Waals surface area (Å²) in [4.78, 5) is 23.2. The Morgan fingerprint density at radius 3 is 1.79 bits per heavy atom. The maximum atomic E-state index is 12.6. The van der Waals surface area contributed by atoms with Crippen molar-refractivity contribution in [1.29, 1.82) is 0 Å². The van der Waals surface area contributed by atoms with Gasteiger partial charge in [0.2, 0.25) is 0 Å². The third-order valence-corrected chi connectivity index (χ3v) is 6.43. The van der Waals surface area contributed by atoms with Crippen LogP contribution in [0.15, 0.2) is 63.5 Å². The summed E-state index contributed by atoms with van der Waals surface area (Å²) in [6.07, 6.45) is 2.71. The molecule has 0 amide bonds. The Bertz CT molecular complexity index is 1360. The first-order valence-electron chi connectivity index (χ1n) is 7.99. The van der Waals surface area contributed by atoms with Gasteiger partial charge in [0.05, 0.1) is 11.3 Å². The zero-order valence-electron chi connectivity index (χ0n) is 14.3. The second-order valence-electron chi connectivity index (χ2n) is 6.29. The van der Waals surface area contributed by atoms with Crippen molar-refractivity contribution < 1.29 is 35.5 Å². The van der Waals surface area contributed by atoms with Gasteiger partial charge in [-0.2, -0.15) is 16.8 Å². The quantitative estimate of drug-likeness (QED) is 0.366. The van der Waals surface area contributed by atoms with Gasteiger partial charge in [-0.05, 0) is 23.8 Å². The molecule has 3 N–H and O–H groups in total. The van der Waals surface area contributed by atoms with E-state index in [4.69, 9.17) is 0 Å². The molecule has 0 atom stereocenters. The van der Waals surface area contributed by atoms with Crippen LogP contribution in [-0.4, -0.2) is 37.5 Å². The molecule has 4 rings (SSSR count). The Balaban J connectivity index is 1.89. The van der Waals surface area contributed by atoms with Crippen molar-refractivity contribution in [1.82, 2.24) is 0 Å². The lowest BCUT2D eigenvalue weighted by Gasteiger charge is -2.19. The average Bonchev–Trinajstić information content (AvgIpc) is 2.90. The number of rotatable bonds is 2. The number of nitrogens with one attached hydrogen (secondary N) is 1. The first-order chi connectivity index (χ1) is 13.5. The number of carbonyl (C=O) groups is 2. The number of anilines is 1. The zero-order valence-corrected chi connectivity index (χ0v) is 15.9. The normalized spacial score (nSPS) is 15.9. The summed E-state index contributed by atoms with van der Waals surface area (Å²) in [6, 6.07) is 7.91. The SMILES string of the molecule is O=C1C(=C2C=Cc3cc(S(=O)(=O)O)c(S(=O)(=O)O)cc3N2)C(=O)c2ccccc21. The van der Waals surface area contributed by atoms with Gasteiger partial charge in [0.1, 0.15) is 9.79 Å². The molecule has 148 valence electrons. The van der Waals surface area contributed by atoms with Gasteiger partial charge in [-0.1, -0.05) is 30.3 Å². The largest absolute Gasteiger partial charge is 0.354 e. The van der Waals surface area contributed by atoms with E-state index < -0.39 is 41.6 Å². The van der Waals surface area contributed by atoms with Crippen molar-refractivity contribution in [2.45, 2.75) is 9.79 Å². The lowest BCUT2D eigenvalue weighted by molar-refractivity contribution is 0.0987. The van der Waals surface area contributed by atoms with Gasteiger partial charge in [0.15, 0.2) is 11.6 Å². The van der Waals surface area contributed by atoms with Crippen LogP contribution in [0.25, 0.3) is 6.08 Å². The van der Waals surface area contributed by atoms with Crippen LogP contribution in [0.5, 0.6) is 0 Å². The van der Waals surface area contributed by atoms with E-state index in [2.05, 4.69) is 5.32 Å². The fourth-order valence-electron chi connectivity index (χ4n) is 3.23. The summed E-state index contributed by atoms with van der Waals surface area (Å²) in [5.41, 5.74) is 0.587. The smallest absolute Gasteiger partial charge is 0.295 e. The predicted octanol–water partition coefficient (Wildman–Crippen LogP) is 1.95. The molecule has 2 aromatic rings. The summed E-state index contributed by atoms with van der Waals surface area (Å²) in [5, 5.41) is 2.72. The Labute approximate surface area is 164 Å². The molecule has 1 aliphatic carbocycles. The molecule has 9 nitrogen and oxygen atoms in total. The Hall–Kier alpha value is -3.12. The number of fused-ring (bicyclic) bond motifs is 2. The van der Waals surface area contributed by atoms with Gasteiger partial charge in [0, 0.05) is 16.8 Å². The van der Waals surface area contributed by atoms with Crippen molar-refractivity contribution in [2.75, 3.05) is 5.32 Å². The molecule has 0 saturated heterocycles. The van der Waals surface area contributed by atoms with Gasteiger partial charge in [-0.3, -0.25) is 18.7 Å². The summed E-state index contributed by atoms with van der Waals surface area (Å²) >= 11 is 0. The minimum atomic E-state index is -5.01. The van der Waals surface area contributed by atoms with Crippen molar-refractivity contribution in [3.63, 3.8) is 0 Å². The van der Waals surface area contributed by atoms with Crippen molar-refractivity contribution >= 4 is 43.6 Å². The van der Waals surface area contributed by atoms with E-state index >= 15 is 0 Å². The maximum absolute atomic E-state index is 12.6. The highest BCUT2D eigenvalue weighted by Crippen LogP contribution is 2.35. The maximum Gasteiger partial charge on any atom is 0.295 e. The van der Waals surface area contributed by atoms with Gasteiger partial charge < -0.3 is 5.32 Å². The highest BCUT2D eigenvalue weighted by atomic mass is 32.2. The first-order valence-corrected chi connectivity index (χ1v) is 10.9. The van der Waals surface area contributed by atoms with Gasteiger partial charge >= 0.3 is 0 Å². The molecule has 2 aromatic carbocycles. The number of ketones is 2. The van der Waals surface area contributed by atoms with Crippen LogP contribution in [0.4, 0.5) is 5.69 Å². The number of carbonyl (C=O) groups excluding carboxylic acids is 2. The first kappa shape index (κ1) is 19.2. The fraction of sp³-hybridized carbons (Fsp3) is 0. The standard InChI is InChI=1S/C18H11NO8S2/c20-17-10-3-1-2-4-11(10)18(21)16(17)12-6-5-9-7-14(28(22,23)24)15(29(25,26)27)8-13(9)19-12/h1-8,19H,(H,22,23,24)(H,25,26,27). The van der Waals surface area contributed by atoms with E-state index in [1.54, 1.807) is 12.1 Å². The highest BCUT2D eigenvalue weighted by molar-refractivity contribution is 7.89. The number of allylic oxidation sites excluding steroid dienone is 2. The molecule has 1 heterocycles. The lowest BCUT2D eigenvalue weighted by atomic mass is 10.0. The van der Waals surface area contributed by atoms with Crippen LogP contribution >= 0.6 is 0 Å². The van der Waals surface area contributed by atoms with Crippen molar-refractivity contribution in [2.24, 2.45) is 0 Å². The lowest BCUT2D eigenvalue weighted by Crippen LogP contribution is -2.15. The Morgan fingerprint density at radius 1 is 0.759 bits per heavy atom. The molecule has 29 heavy (non-hydrogen) atoms. The van der Waals surface area contributed by atoms with Crippen LogP contribution in [-0.2, 0) is 20.2 Å². The fourth-order valence-corrected chi connectivity index (χ4v) is 5.03. The van der Waals surface area contributed by atoms with Gasteiger partial charge in [-0.25, -0.2) is 0 Å². The summed E-state index contributed by atoms with van der Waals surface area (Å²) in [6.45, 7) is 0. The zero-order chi connectivity index (χ0) is 21.1. The molecule has 1 aliphatic heterocycles. The van der Waals surface area contributed by atoms with Gasteiger partial charge in [0.25, 0.3) is 20.2 Å². The second kappa shape index (κ2) is 6.19. The summed E-state index contributed by atoms with van der Waals surface area (Å²) in [5.74, 6) is -1.02. The average molecular weight is 433 g/mol. The Kier molecular flexibility index (Phi) is 4.10. The molecule has 2 aliphatic rings. The minimum Gasteiger partial charge on any atom is -0.354 e. The molecule has 0 fully saturated rings. The Morgan fingerprint density at radius 2 is 1.28 bits per heavy atom. The minimum absolute atomic E-state index is 0.0200. The number of benzene rings is 2. The third-order valence-electron chi connectivity index (χ3n) is 4.51. The number of hydrogen-bond acceptors (Lipinski definition) is 7. The monoisotopic (exact) mass is 433 g/mol. The highest BCUT2D eigenvalue weighted by Gasteiger charge is 2.36. The van der Waals surface area contributed by atoms with E-state index in [-0.39, 0.29) is 33.6 Å². The third kappa shape index (κ3) is 3.09. The van der Waals surface area contributed by atoms with Crippen molar-refractivity contribution in [3.8, 4) is 0 Å². The molecule has 0 radical (unpaired) electrons. The van der Waals surface area contributed by atoms with Crippen LogP contribution < -0.4 is 5.32 Å². The number of Topliss-reactive ketones (excluding diaryl/α,β-unsaturated/α-hetero) is 2. The van der Waals surface area contributed by atoms with Crippen LogP contribution in [0.3, 0.4) is 0 Å².